The van der Waals surface area contributed by atoms with Gasteiger partial charge in [0.15, 0.2) is 0 Å². The fourth-order valence-electron chi connectivity index (χ4n) is 1.11. The van der Waals surface area contributed by atoms with E-state index in [0.29, 0.717) is 13.0 Å². The number of carbonyl (C=O) groups excluding carboxylic acids is 2. The van der Waals surface area contributed by atoms with Gasteiger partial charge in [-0.15, -0.1) is 0 Å². The van der Waals surface area contributed by atoms with Crippen LogP contribution in [-0.4, -0.2) is 25.9 Å². The van der Waals surface area contributed by atoms with Gasteiger partial charge in [0, 0.05) is 13.6 Å². The number of hydrogen-bond donors (Lipinski definition) is 4. The average molecular weight is 264 g/mol. The zero-order valence-electron chi connectivity index (χ0n) is 11.1. The average Bonchev–Trinajstić information content (AvgIpc) is 2.41. The molecule has 0 saturated carbocycles. The van der Waals surface area contributed by atoms with Crippen molar-refractivity contribution in [1.82, 2.24) is 16.0 Å². The van der Waals surface area contributed by atoms with Crippen LogP contribution in [0.5, 0.6) is 0 Å². The van der Waals surface area contributed by atoms with Gasteiger partial charge in [0.2, 0.25) is 6.41 Å². The van der Waals surface area contributed by atoms with Gasteiger partial charge in [-0.3, -0.25) is 9.59 Å². The predicted molar refractivity (Wildman–Crippen MR) is 75.6 cm³/mol. The second-order valence-electron chi connectivity index (χ2n) is 3.35. The zero-order chi connectivity index (χ0) is 14.5. The first-order valence-corrected chi connectivity index (χ1v) is 5.77. The summed E-state index contributed by atoms with van der Waals surface area (Å²) < 4.78 is 0. The SMILES string of the molecule is C\C=C/C=C\C=C\CN/C(C(=O)NC)=C(\N)NC=O. The van der Waals surface area contributed by atoms with Gasteiger partial charge in [0.25, 0.3) is 5.91 Å². The number of carbonyl (C=O) groups is 2. The molecule has 0 bridgehead atoms. The summed E-state index contributed by atoms with van der Waals surface area (Å²) in [4.78, 5) is 21.8. The van der Waals surface area contributed by atoms with Crippen molar-refractivity contribution in [2.45, 2.75) is 6.92 Å². The minimum Gasteiger partial charge on any atom is -0.383 e. The van der Waals surface area contributed by atoms with Crippen molar-refractivity contribution < 1.29 is 9.59 Å². The summed E-state index contributed by atoms with van der Waals surface area (Å²) in [6.45, 7) is 2.34. The number of amides is 2. The van der Waals surface area contributed by atoms with Crippen LogP contribution in [0.25, 0.3) is 0 Å². The predicted octanol–water partition coefficient (Wildman–Crippen LogP) is -0.116. The number of rotatable bonds is 8. The van der Waals surface area contributed by atoms with Gasteiger partial charge >= 0.3 is 0 Å². The molecule has 0 unspecified atom stereocenters. The van der Waals surface area contributed by atoms with Gasteiger partial charge in [0.05, 0.1) is 0 Å². The Kier molecular flexibility index (Phi) is 9.24. The largest absolute Gasteiger partial charge is 0.383 e. The van der Waals surface area contributed by atoms with E-state index in [1.807, 2.05) is 43.4 Å². The van der Waals surface area contributed by atoms with Crippen molar-refractivity contribution in [1.29, 1.82) is 0 Å². The van der Waals surface area contributed by atoms with Crippen LogP contribution in [0.3, 0.4) is 0 Å². The molecule has 0 aliphatic heterocycles. The number of nitrogens with one attached hydrogen (secondary N) is 3. The van der Waals surface area contributed by atoms with E-state index < -0.39 is 5.91 Å². The van der Waals surface area contributed by atoms with Crippen LogP contribution < -0.4 is 21.7 Å². The molecule has 0 aliphatic carbocycles. The van der Waals surface area contributed by atoms with Crippen molar-refractivity contribution in [3.05, 3.63) is 48.0 Å². The summed E-state index contributed by atoms with van der Waals surface area (Å²) >= 11 is 0. The fourth-order valence-corrected chi connectivity index (χ4v) is 1.11. The third-order valence-corrected chi connectivity index (χ3v) is 2.00. The minimum atomic E-state index is -0.398. The molecule has 2 amide bonds. The van der Waals surface area contributed by atoms with Crippen LogP contribution in [0.15, 0.2) is 48.0 Å². The number of likely N-dealkylation sites (N-methyl/N-ethyl adjacent to an activating group) is 1. The Hall–Kier alpha value is -2.50. The van der Waals surface area contributed by atoms with Crippen LogP contribution in [0.4, 0.5) is 0 Å². The van der Waals surface area contributed by atoms with E-state index >= 15 is 0 Å². The maximum Gasteiger partial charge on any atom is 0.270 e. The van der Waals surface area contributed by atoms with Crippen LogP contribution in [-0.2, 0) is 9.59 Å². The molecule has 0 radical (unpaired) electrons. The van der Waals surface area contributed by atoms with Crippen LogP contribution in [0.1, 0.15) is 6.92 Å². The molecule has 0 aliphatic rings. The van der Waals surface area contributed by atoms with Gasteiger partial charge in [0.1, 0.15) is 11.5 Å². The van der Waals surface area contributed by atoms with Gasteiger partial charge < -0.3 is 21.7 Å². The van der Waals surface area contributed by atoms with E-state index in [-0.39, 0.29) is 11.5 Å². The number of allylic oxidation sites excluding steroid dienone is 5. The second-order valence-corrected chi connectivity index (χ2v) is 3.35. The molecule has 0 heterocycles. The van der Waals surface area contributed by atoms with Crippen molar-refractivity contribution in [3.8, 4) is 0 Å². The summed E-state index contributed by atoms with van der Waals surface area (Å²) in [6.07, 6.45) is 11.6. The van der Waals surface area contributed by atoms with Gasteiger partial charge in [-0.25, -0.2) is 0 Å². The molecule has 0 fully saturated rings. The second kappa shape index (κ2) is 10.6. The molecular weight excluding hydrogens is 244 g/mol. The van der Waals surface area contributed by atoms with Gasteiger partial charge in [-0.1, -0.05) is 36.5 Å². The van der Waals surface area contributed by atoms with Crippen molar-refractivity contribution in [2.75, 3.05) is 13.6 Å². The molecule has 0 aromatic carbocycles. The molecule has 0 aromatic heterocycles. The zero-order valence-corrected chi connectivity index (χ0v) is 11.1. The van der Waals surface area contributed by atoms with Crippen LogP contribution in [0.2, 0.25) is 0 Å². The first kappa shape index (κ1) is 16.5. The maximum absolute atomic E-state index is 11.5. The molecule has 6 nitrogen and oxygen atoms in total. The number of nitrogens with two attached hydrogens (primary N) is 1. The van der Waals surface area contributed by atoms with Crippen LogP contribution in [0, 0.1) is 0 Å². The summed E-state index contributed by atoms with van der Waals surface area (Å²) in [5.74, 6) is -0.420. The normalized spacial score (nSPS) is 12.7. The third-order valence-electron chi connectivity index (χ3n) is 2.00. The summed E-state index contributed by atoms with van der Waals surface area (Å²) in [5, 5.41) is 7.50. The van der Waals surface area contributed by atoms with Gasteiger partial charge in [-0.2, -0.15) is 0 Å². The Balaban J connectivity index is 4.48. The van der Waals surface area contributed by atoms with E-state index in [0.717, 1.165) is 0 Å². The standard InChI is InChI=1S/C13H20N4O2/c1-3-4-5-6-7-8-9-16-11(13(19)15-2)12(14)17-10-18/h3-8,10,16H,9,14H2,1-2H3,(H,15,19)(H,17,18)/b4-3-,6-5-,8-7+,12-11+. The quantitative estimate of drug-likeness (QED) is 0.279. The monoisotopic (exact) mass is 264 g/mol. The lowest BCUT2D eigenvalue weighted by molar-refractivity contribution is -0.117. The highest BCUT2D eigenvalue weighted by molar-refractivity contribution is 5.93. The van der Waals surface area contributed by atoms with Crippen molar-refractivity contribution in [3.63, 3.8) is 0 Å². The summed E-state index contributed by atoms with van der Waals surface area (Å²) in [6, 6.07) is 0. The van der Waals surface area contributed by atoms with Gasteiger partial charge in [-0.05, 0) is 6.92 Å². The highest BCUT2D eigenvalue weighted by atomic mass is 16.2. The Labute approximate surface area is 113 Å². The Morgan fingerprint density at radius 3 is 2.47 bits per heavy atom. The molecule has 0 saturated heterocycles. The van der Waals surface area contributed by atoms with E-state index in [1.54, 1.807) is 0 Å². The number of hydrogen-bond acceptors (Lipinski definition) is 4. The lowest BCUT2D eigenvalue weighted by Gasteiger charge is -2.10. The Morgan fingerprint density at radius 2 is 1.89 bits per heavy atom. The summed E-state index contributed by atoms with van der Waals surface area (Å²) in [5.41, 5.74) is 5.67. The van der Waals surface area contributed by atoms with E-state index in [1.165, 1.54) is 7.05 Å². The van der Waals surface area contributed by atoms with E-state index in [4.69, 9.17) is 5.73 Å². The lowest BCUT2D eigenvalue weighted by atomic mass is 10.3. The van der Waals surface area contributed by atoms with Crippen LogP contribution >= 0.6 is 0 Å². The fraction of sp³-hybridized carbons (Fsp3) is 0.231. The first-order chi connectivity index (χ1) is 9.17. The Bertz CT molecular complexity index is 409. The topological polar surface area (TPSA) is 96.2 Å². The molecule has 5 N–H and O–H groups in total. The molecule has 19 heavy (non-hydrogen) atoms. The molecule has 104 valence electrons. The summed E-state index contributed by atoms with van der Waals surface area (Å²) in [7, 11) is 1.48. The molecule has 0 atom stereocenters. The van der Waals surface area contributed by atoms with Crippen molar-refractivity contribution >= 4 is 12.3 Å². The minimum absolute atomic E-state index is 0.0211. The third kappa shape index (κ3) is 7.43. The van der Waals surface area contributed by atoms with Crippen molar-refractivity contribution in [2.24, 2.45) is 5.73 Å². The van der Waals surface area contributed by atoms with E-state index in [2.05, 4.69) is 16.0 Å². The molecule has 0 spiro atoms. The highest BCUT2D eigenvalue weighted by Crippen LogP contribution is 1.92. The molecule has 0 aromatic rings. The first-order valence-electron chi connectivity index (χ1n) is 5.77. The molecule has 0 rings (SSSR count). The Morgan fingerprint density at radius 1 is 1.21 bits per heavy atom. The maximum atomic E-state index is 11.5. The molecule has 6 heteroatoms. The van der Waals surface area contributed by atoms with E-state index in [9.17, 15) is 9.59 Å². The molecular formula is C13H20N4O2. The lowest BCUT2D eigenvalue weighted by Crippen LogP contribution is -2.36. The smallest absolute Gasteiger partial charge is 0.270 e. The highest BCUT2D eigenvalue weighted by Gasteiger charge is 2.10.